The Kier molecular flexibility index (Phi) is 3.82. The highest BCUT2D eigenvalue weighted by Gasteiger charge is 2.16. The molecule has 0 saturated heterocycles. The summed E-state index contributed by atoms with van der Waals surface area (Å²) in [6.45, 7) is 6.72. The SMILES string of the molecule is Cc1ccc(-n2nnc(CN)c2C(C)C)cc1Br. The molecule has 1 heterocycles. The van der Waals surface area contributed by atoms with Crippen molar-refractivity contribution in [3.05, 3.63) is 39.6 Å². The highest BCUT2D eigenvalue weighted by Crippen LogP contribution is 2.24. The average Bonchev–Trinajstić information content (AvgIpc) is 2.76. The molecule has 0 unspecified atom stereocenters. The molecule has 0 radical (unpaired) electrons. The molecule has 0 fully saturated rings. The summed E-state index contributed by atoms with van der Waals surface area (Å²) in [5, 5.41) is 8.37. The van der Waals surface area contributed by atoms with Gasteiger partial charge in [0.15, 0.2) is 0 Å². The van der Waals surface area contributed by atoms with E-state index in [0.29, 0.717) is 12.5 Å². The van der Waals surface area contributed by atoms with Crippen LogP contribution in [-0.2, 0) is 6.54 Å². The summed E-state index contributed by atoms with van der Waals surface area (Å²) in [6.07, 6.45) is 0. The van der Waals surface area contributed by atoms with Gasteiger partial charge >= 0.3 is 0 Å². The van der Waals surface area contributed by atoms with Crippen molar-refractivity contribution in [2.75, 3.05) is 0 Å². The third kappa shape index (κ3) is 2.33. The molecule has 0 saturated carbocycles. The predicted molar refractivity (Wildman–Crippen MR) is 75.8 cm³/mol. The topological polar surface area (TPSA) is 56.7 Å². The van der Waals surface area contributed by atoms with Gasteiger partial charge in [0.25, 0.3) is 0 Å². The molecule has 5 heteroatoms. The molecule has 1 aromatic carbocycles. The maximum Gasteiger partial charge on any atom is 0.100 e. The molecule has 0 aliphatic carbocycles. The zero-order valence-electron chi connectivity index (χ0n) is 10.8. The quantitative estimate of drug-likeness (QED) is 0.948. The Labute approximate surface area is 115 Å². The van der Waals surface area contributed by atoms with E-state index in [2.05, 4.69) is 59.1 Å². The third-order valence-electron chi connectivity index (χ3n) is 2.92. The maximum absolute atomic E-state index is 5.71. The molecular weight excluding hydrogens is 292 g/mol. The van der Waals surface area contributed by atoms with E-state index >= 15 is 0 Å². The molecule has 2 rings (SSSR count). The van der Waals surface area contributed by atoms with Gasteiger partial charge < -0.3 is 5.73 Å². The van der Waals surface area contributed by atoms with Crippen molar-refractivity contribution in [1.82, 2.24) is 15.0 Å². The van der Waals surface area contributed by atoms with Crippen molar-refractivity contribution in [2.24, 2.45) is 5.73 Å². The second-order valence-corrected chi connectivity index (χ2v) is 5.48. The van der Waals surface area contributed by atoms with Gasteiger partial charge in [0.1, 0.15) is 5.69 Å². The van der Waals surface area contributed by atoms with E-state index in [-0.39, 0.29) is 0 Å². The molecular formula is C13H17BrN4. The van der Waals surface area contributed by atoms with Crippen molar-refractivity contribution in [3.63, 3.8) is 0 Å². The van der Waals surface area contributed by atoms with E-state index in [1.54, 1.807) is 0 Å². The monoisotopic (exact) mass is 308 g/mol. The van der Waals surface area contributed by atoms with Gasteiger partial charge in [-0.25, -0.2) is 4.68 Å². The number of halogens is 1. The Morgan fingerprint density at radius 1 is 1.39 bits per heavy atom. The fraction of sp³-hybridized carbons (Fsp3) is 0.385. The second-order valence-electron chi connectivity index (χ2n) is 4.63. The minimum Gasteiger partial charge on any atom is -0.325 e. The summed E-state index contributed by atoms with van der Waals surface area (Å²) in [4.78, 5) is 0. The molecule has 0 aliphatic heterocycles. The first-order valence-electron chi connectivity index (χ1n) is 5.95. The summed E-state index contributed by atoms with van der Waals surface area (Å²) in [6, 6.07) is 6.16. The van der Waals surface area contributed by atoms with Crippen LogP contribution in [0.1, 0.15) is 36.7 Å². The molecule has 0 atom stereocenters. The Morgan fingerprint density at radius 3 is 2.67 bits per heavy atom. The zero-order valence-corrected chi connectivity index (χ0v) is 12.4. The lowest BCUT2D eigenvalue weighted by Crippen LogP contribution is -2.07. The molecule has 0 bridgehead atoms. The fourth-order valence-electron chi connectivity index (χ4n) is 1.95. The smallest absolute Gasteiger partial charge is 0.100 e. The third-order valence-corrected chi connectivity index (χ3v) is 3.77. The van der Waals surface area contributed by atoms with Gasteiger partial charge in [0.2, 0.25) is 0 Å². The zero-order chi connectivity index (χ0) is 13.3. The molecule has 2 aromatic rings. The maximum atomic E-state index is 5.71. The summed E-state index contributed by atoms with van der Waals surface area (Å²) < 4.78 is 2.94. The number of nitrogens with two attached hydrogens (primary N) is 1. The molecule has 1 aromatic heterocycles. The Morgan fingerprint density at radius 2 is 2.11 bits per heavy atom. The van der Waals surface area contributed by atoms with E-state index in [1.165, 1.54) is 5.56 Å². The standard InChI is InChI=1S/C13H17BrN4/c1-8(2)13-12(7-15)16-17-18(13)10-5-4-9(3)11(14)6-10/h4-6,8H,7,15H2,1-3H3. The second kappa shape index (κ2) is 5.20. The molecule has 2 N–H and O–H groups in total. The average molecular weight is 309 g/mol. The lowest BCUT2D eigenvalue weighted by atomic mass is 10.1. The Bertz CT molecular complexity index is 560. The van der Waals surface area contributed by atoms with Gasteiger partial charge in [-0.15, -0.1) is 5.10 Å². The number of rotatable bonds is 3. The van der Waals surface area contributed by atoms with E-state index in [0.717, 1.165) is 21.5 Å². The number of hydrogen-bond donors (Lipinski definition) is 1. The summed E-state index contributed by atoms with van der Waals surface area (Å²) in [5.41, 5.74) is 9.85. The van der Waals surface area contributed by atoms with Crippen molar-refractivity contribution in [2.45, 2.75) is 33.2 Å². The van der Waals surface area contributed by atoms with Gasteiger partial charge in [-0.3, -0.25) is 0 Å². The molecule has 0 amide bonds. The lowest BCUT2D eigenvalue weighted by molar-refractivity contribution is 0.713. The number of nitrogens with zero attached hydrogens (tertiary/aromatic N) is 3. The van der Waals surface area contributed by atoms with Crippen LogP contribution in [0.3, 0.4) is 0 Å². The number of benzene rings is 1. The van der Waals surface area contributed by atoms with Crippen molar-refractivity contribution in [3.8, 4) is 5.69 Å². The van der Waals surface area contributed by atoms with Crippen LogP contribution < -0.4 is 5.73 Å². The Balaban J connectivity index is 2.56. The normalized spacial score (nSPS) is 11.2. The summed E-state index contributed by atoms with van der Waals surface area (Å²) in [7, 11) is 0. The van der Waals surface area contributed by atoms with Crippen LogP contribution in [0, 0.1) is 6.92 Å². The van der Waals surface area contributed by atoms with Crippen LogP contribution >= 0.6 is 15.9 Å². The first-order valence-corrected chi connectivity index (χ1v) is 6.75. The fourth-order valence-corrected chi connectivity index (χ4v) is 2.31. The first kappa shape index (κ1) is 13.2. The van der Waals surface area contributed by atoms with Crippen molar-refractivity contribution >= 4 is 15.9 Å². The van der Waals surface area contributed by atoms with Gasteiger partial charge in [-0.05, 0) is 30.5 Å². The van der Waals surface area contributed by atoms with Crippen molar-refractivity contribution < 1.29 is 0 Å². The predicted octanol–water partition coefficient (Wildman–Crippen LogP) is 2.92. The first-order chi connectivity index (χ1) is 8.54. The highest BCUT2D eigenvalue weighted by molar-refractivity contribution is 9.10. The van der Waals surface area contributed by atoms with E-state index in [1.807, 2.05) is 10.7 Å². The van der Waals surface area contributed by atoms with Gasteiger partial charge in [0, 0.05) is 11.0 Å². The van der Waals surface area contributed by atoms with Crippen LogP contribution in [0.5, 0.6) is 0 Å². The Hall–Kier alpha value is -1.20. The highest BCUT2D eigenvalue weighted by atomic mass is 79.9. The van der Waals surface area contributed by atoms with E-state index in [9.17, 15) is 0 Å². The number of aromatic nitrogens is 3. The van der Waals surface area contributed by atoms with Crippen molar-refractivity contribution in [1.29, 1.82) is 0 Å². The van der Waals surface area contributed by atoms with Gasteiger partial charge in [-0.1, -0.05) is 41.1 Å². The molecule has 0 spiro atoms. The summed E-state index contributed by atoms with van der Waals surface area (Å²) >= 11 is 3.54. The molecule has 18 heavy (non-hydrogen) atoms. The number of hydrogen-bond acceptors (Lipinski definition) is 3. The minimum atomic E-state index is 0.332. The van der Waals surface area contributed by atoms with Crippen LogP contribution in [0.2, 0.25) is 0 Å². The van der Waals surface area contributed by atoms with Crippen LogP contribution in [-0.4, -0.2) is 15.0 Å². The molecule has 4 nitrogen and oxygen atoms in total. The van der Waals surface area contributed by atoms with Gasteiger partial charge in [0.05, 0.1) is 11.4 Å². The van der Waals surface area contributed by atoms with Gasteiger partial charge in [-0.2, -0.15) is 0 Å². The van der Waals surface area contributed by atoms with E-state index in [4.69, 9.17) is 5.73 Å². The molecule has 96 valence electrons. The summed E-state index contributed by atoms with van der Waals surface area (Å²) in [5.74, 6) is 0.332. The minimum absolute atomic E-state index is 0.332. The van der Waals surface area contributed by atoms with Crippen LogP contribution in [0.4, 0.5) is 0 Å². The van der Waals surface area contributed by atoms with Crippen LogP contribution in [0.15, 0.2) is 22.7 Å². The molecule has 0 aliphatic rings. The van der Waals surface area contributed by atoms with Crippen LogP contribution in [0.25, 0.3) is 5.69 Å². The van der Waals surface area contributed by atoms with E-state index < -0.39 is 0 Å². The lowest BCUT2D eigenvalue weighted by Gasteiger charge is -2.11. The largest absolute Gasteiger partial charge is 0.325 e. The number of aryl methyl sites for hydroxylation is 1.